The third-order valence-electron chi connectivity index (χ3n) is 5.84. The van der Waals surface area contributed by atoms with Crippen molar-refractivity contribution in [3.05, 3.63) is 81.0 Å². The SMILES string of the molecule is CC[C@H](C)NC(=O)CSc1nc2ccccc2c(=O)n1-c1c(C)n(C)n(-c2ccccc2)c1=O. The maximum absolute atomic E-state index is 13.6. The number of amides is 1. The maximum Gasteiger partial charge on any atom is 0.296 e. The Bertz CT molecular complexity index is 1470. The summed E-state index contributed by atoms with van der Waals surface area (Å²) < 4.78 is 4.59. The van der Waals surface area contributed by atoms with Crippen molar-refractivity contribution in [2.24, 2.45) is 7.05 Å². The lowest BCUT2D eigenvalue weighted by Crippen LogP contribution is -2.33. The minimum Gasteiger partial charge on any atom is -0.353 e. The average molecular weight is 478 g/mol. The Hall–Kier alpha value is -3.59. The number of hydrogen-bond donors (Lipinski definition) is 1. The Kier molecular flexibility index (Phi) is 6.74. The summed E-state index contributed by atoms with van der Waals surface area (Å²) in [6, 6.07) is 16.3. The van der Waals surface area contributed by atoms with Crippen LogP contribution in [0.2, 0.25) is 0 Å². The molecule has 0 bridgehead atoms. The van der Waals surface area contributed by atoms with Gasteiger partial charge in [0, 0.05) is 13.1 Å². The van der Waals surface area contributed by atoms with E-state index < -0.39 is 0 Å². The molecule has 0 fully saturated rings. The quantitative estimate of drug-likeness (QED) is 0.326. The molecule has 9 heteroatoms. The van der Waals surface area contributed by atoms with Crippen molar-refractivity contribution in [3.63, 3.8) is 0 Å². The number of nitrogens with one attached hydrogen (secondary N) is 1. The normalized spacial score (nSPS) is 12.1. The van der Waals surface area contributed by atoms with E-state index in [2.05, 4.69) is 10.3 Å². The van der Waals surface area contributed by atoms with Gasteiger partial charge < -0.3 is 5.32 Å². The highest BCUT2D eigenvalue weighted by Gasteiger charge is 2.23. The summed E-state index contributed by atoms with van der Waals surface area (Å²) in [6.07, 6.45) is 0.817. The molecule has 0 spiro atoms. The monoisotopic (exact) mass is 477 g/mol. The molecule has 34 heavy (non-hydrogen) atoms. The molecule has 2 aromatic heterocycles. The summed E-state index contributed by atoms with van der Waals surface area (Å²) >= 11 is 1.14. The number of rotatable bonds is 7. The molecule has 0 aliphatic rings. The standard InChI is InChI=1S/C25H27N5O3S/c1-5-16(2)26-21(31)15-34-25-27-20-14-10-9-13-19(20)23(32)29(25)22-17(3)28(4)30(24(22)33)18-11-7-6-8-12-18/h6-14,16H,5,15H2,1-4H3,(H,26,31)/t16-/m0/s1. The van der Waals surface area contributed by atoms with E-state index in [-0.39, 0.29) is 34.5 Å². The fourth-order valence-electron chi connectivity index (χ4n) is 3.77. The van der Waals surface area contributed by atoms with E-state index in [4.69, 9.17) is 0 Å². The number of hydrogen-bond acceptors (Lipinski definition) is 5. The number of nitrogens with zero attached hydrogens (tertiary/aromatic N) is 4. The fraction of sp³-hybridized carbons (Fsp3) is 0.280. The second-order valence-corrected chi connectivity index (χ2v) is 9.07. The Morgan fingerprint density at radius 1 is 1.06 bits per heavy atom. The lowest BCUT2D eigenvalue weighted by atomic mass is 10.2. The van der Waals surface area contributed by atoms with Crippen LogP contribution in [0, 0.1) is 6.92 Å². The number of carbonyl (C=O) groups is 1. The van der Waals surface area contributed by atoms with Gasteiger partial charge in [0.05, 0.1) is 28.0 Å². The number of fused-ring (bicyclic) bond motifs is 1. The molecule has 0 saturated heterocycles. The highest BCUT2D eigenvalue weighted by molar-refractivity contribution is 7.99. The molecular weight excluding hydrogens is 450 g/mol. The number of para-hydroxylation sites is 2. The number of benzene rings is 2. The van der Waals surface area contributed by atoms with Crippen molar-refractivity contribution in [2.75, 3.05) is 5.75 Å². The number of carbonyl (C=O) groups excluding carboxylic acids is 1. The molecule has 0 aliphatic carbocycles. The van der Waals surface area contributed by atoms with Gasteiger partial charge in [-0.25, -0.2) is 14.2 Å². The highest BCUT2D eigenvalue weighted by Crippen LogP contribution is 2.22. The maximum atomic E-state index is 13.6. The van der Waals surface area contributed by atoms with Gasteiger partial charge in [-0.2, -0.15) is 0 Å². The van der Waals surface area contributed by atoms with Crippen molar-refractivity contribution in [1.82, 2.24) is 24.2 Å². The summed E-state index contributed by atoms with van der Waals surface area (Å²) in [5.41, 5.74) is 1.36. The van der Waals surface area contributed by atoms with Crippen molar-refractivity contribution in [3.8, 4) is 11.4 Å². The third kappa shape index (κ3) is 4.31. The van der Waals surface area contributed by atoms with Crippen LogP contribution in [0.4, 0.5) is 0 Å². The van der Waals surface area contributed by atoms with Crippen molar-refractivity contribution in [2.45, 2.75) is 38.4 Å². The summed E-state index contributed by atoms with van der Waals surface area (Å²) in [4.78, 5) is 44.4. The van der Waals surface area contributed by atoms with Gasteiger partial charge in [0.15, 0.2) is 5.16 Å². The minimum atomic E-state index is -0.346. The van der Waals surface area contributed by atoms with Crippen molar-refractivity contribution in [1.29, 1.82) is 0 Å². The molecule has 0 unspecified atom stereocenters. The van der Waals surface area contributed by atoms with Gasteiger partial charge in [-0.3, -0.25) is 19.1 Å². The fourth-order valence-corrected chi connectivity index (χ4v) is 4.58. The molecule has 0 radical (unpaired) electrons. The van der Waals surface area contributed by atoms with E-state index in [0.717, 1.165) is 18.2 Å². The first kappa shape index (κ1) is 23.6. The Morgan fingerprint density at radius 3 is 2.44 bits per heavy atom. The zero-order valence-corrected chi connectivity index (χ0v) is 20.4. The zero-order chi connectivity index (χ0) is 24.4. The molecule has 2 heterocycles. The van der Waals surface area contributed by atoms with Crippen LogP contribution < -0.4 is 16.4 Å². The van der Waals surface area contributed by atoms with Gasteiger partial charge >= 0.3 is 0 Å². The van der Waals surface area contributed by atoms with Crippen LogP contribution in [-0.4, -0.2) is 36.6 Å². The molecule has 1 amide bonds. The average Bonchev–Trinajstić information content (AvgIpc) is 3.06. The molecule has 1 atom stereocenters. The summed E-state index contributed by atoms with van der Waals surface area (Å²) in [7, 11) is 1.78. The van der Waals surface area contributed by atoms with Gasteiger partial charge in [-0.05, 0) is 44.5 Å². The molecule has 4 rings (SSSR count). The predicted molar refractivity (Wildman–Crippen MR) is 135 cm³/mol. The van der Waals surface area contributed by atoms with Crippen LogP contribution in [0.15, 0.2) is 69.3 Å². The smallest absolute Gasteiger partial charge is 0.296 e. The summed E-state index contributed by atoms with van der Waals surface area (Å²) in [6.45, 7) is 5.73. The van der Waals surface area contributed by atoms with E-state index in [9.17, 15) is 14.4 Å². The Balaban J connectivity index is 1.90. The van der Waals surface area contributed by atoms with Gasteiger partial charge in [-0.15, -0.1) is 0 Å². The molecule has 1 N–H and O–H groups in total. The summed E-state index contributed by atoms with van der Waals surface area (Å²) in [5.74, 6) is -0.0757. The number of aromatic nitrogens is 4. The number of thioether (sulfide) groups is 1. The van der Waals surface area contributed by atoms with Crippen LogP contribution in [0.5, 0.6) is 0 Å². The molecule has 0 aliphatic heterocycles. The molecular formula is C25H27N5O3S. The van der Waals surface area contributed by atoms with Crippen LogP contribution in [0.3, 0.4) is 0 Å². The van der Waals surface area contributed by atoms with Crippen molar-refractivity contribution >= 4 is 28.6 Å². The third-order valence-corrected chi connectivity index (χ3v) is 6.78. The van der Waals surface area contributed by atoms with E-state index in [0.29, 0.717) is 27.4 Å². The molecule has 2 aromatic carbocycles. The van der Waals surface area contributed by atoms with E-state index in [1.165, 1.54) is 9.25 Å². The molecule has 8 nitrogen and oxygen atoms in total. The first-order valence-electron chi connectivity index (χ1n) is 11.1. The first-order valence-corrected chi connectivity index (χ1v) is 12.1. The molecule has 4 aromatic rings. The minimum absolute atomic E-state index is 0.0503. The van der Waals surface area contributed by atoms with Gasteiger partial charge in [0.1, 0.15) is 5.69 Å². The Morgan fingerprint density at radius 2 is 1.74 bits per heavy atom. The first-order chi connectivity index (χ1) is 16.3. The molecule has 176 valence electrons. The second-order valence-electron chi connectivity index (χ2n) is 8.13. The molecule has 0 saturated carbocycles. The largest absolute Gasteiger partial charge is 0.353 e. The van der Waals surface area contributed by atoms with Gasteiger partial charge in [0.25, 0.3) is 11.1 Å². The topological polar surface area (TPSA) is 90.9 Å². The van der Waals surface area contributed by atoms with Crippen LogP contribution >= 0.6 is 11.8 Å². The van der Waals surface area contributed by atoms with E-state index >= 15 is 0 Å². The van der Waals surface area contributed by atoms with E-state index in [1.807, 2.05) is 44.2 Å². The van der Waals surface area contributed by atoms with Gasteiger partial charge in [0.2, 0.25) is 5.91 Å². The van der Waals surface area contributed by atoms with E-state index in [1.54, 1.807) is 42.9 Å². The van der Waals surface area contributed by atoms with Crippen LogP contribution in [0.25, 0.3) is 22.3 Å². The van der Waals surface area contributed by atoms with Crippen LogP contribution in [0.1, 0.15) is 26.0 Å². The van der Waals surface area contributed by atoms with Crippen LogP contribution in [-0.2, 0) is 11.8 Å². The second kappa shape index (κ2) is 9.72. The lowest BCUT2D eigenvalue weighted by Gasteiger charge is -2.14. The summed E-state index contributed by atoms with van der Waals surface area (Å²) in [5, 5.41) is 3.63. The van der Waals surface area contributed by atoms with Crippen molar-refractivity contribution < 1.29 is 4.79 Å². The predicted octanol–water partition coefficient (Wildman–Crippen LogP) is 3.19. The Labute approximate surface area is 201 Å². The highest BCUT2D eigenvalue weighted by atomic mass is 32.2. The zero-order valence-electron chi connectivity index (χ0n) is 19.6. The van der Waals surface area contributed by atoms with Gasteiger partial charge in [-0.1, -0.05) is 49.0 Å². The lowest BCUT2D eigenvalue weighted by molar-refractivity contribution is -0.119.